The van der Waals surface area contributed by atoms with E-state index in [1.54, 1.807) is 31.2 Å². The van der Waals surface area contributed by atoms with E-state index in [-0.39, 0.29) is 11.7 Å². The third-order valence-corrected chi connectivity index (χ3v) is 6.34. The van der Waals surface area contributed by atoms with E-state index in [4.69, 9.17) is 11.6 Å². The third-order valence-electron chi connectivity index (χ3n) is 5.46. The number of carbonyl (C=O) groups excluding carboxylic acids is 1. The zero-order valence-corrected chi connectivity index (χ0v) is 17.2. The number of fused-ring (bicyclic) bond motifs is 3. The predicted octanol–water partition coefficient (Wildman–Crippen LogP) is 5.64. The van der Waals surface area contributed by atoms with E-state index in [1.807, 2.05) is 4.57 Å². The molecule has 0 radical (unpaired) electrons. The Balaban J connectivity index is 2.01. The van der Waals surface area contributed by atoms with Crippen molar-refractivity contribution < 1.29 is 19.1 Å². The first-order valence-corrected chi connectivity index (χ1v) is 10.0. The fraction of sp³-hybridized carbons (Fsp3) is 0.238. The van der Waals surface area contributed by atoms with Gasteiger partial charge in [0, 0.05) is 38.6 Å². The summed E-state index contributed by atoms with van der Waals surface area (Å²) < 4.78 is 16.5. The van der Waals surface area contributed by atoms with Crippen molar-refractivity contribution in [1.82, 2.24) is 4.57 Å². The number of carbonyl (C=O) groups is 2. The van der Waals surface area contributed by atoms with Crippen LogP contribution in [0, 0.1) is 11.7 Å². The molecule has 144 valence electrons. The average molecular weight is 465 g/mol. The first kappa shape index (κ1) is 19.2. The fourth-order valence-electron chi connectivity index (χ4n) is 4.08. The zero-order chi connectivity index (χ0) is 20.2. The number of carboxylic acids is 1. The molecule has 1 N–H and O–H groups in total. The number of aliphatic carboxylic acids is 1. The zero-order valence-electron chi connectivity index (χ0n) is 14.9. The van der Waals surface area contributed by atoms with Gasteiger partial charge in [-0.25, -0.2) is 4.39 Å². The molecule has 28 heavy (non-hydrogen) atoms. The molecule has 4 rings (SSSR count). The molecule has 2 heterocycles. The molecule has 2 atom stereocenters. The molecular weight excluding hydrogens is 449 g/mol. The van der Waals surface area contributed by atoms with Crippen molar-refractivity contribution >= 4 is 50.2 Å². The molecule has 0 aliphatic carbocycles. The van der Waals surface area contributed by atoms with Crippen LogP contribution in [-0.2, 0) is 11.3 Å². The SMILES string of the molecule is CC(C(=O)O)C1CCn2c1c(C(=O)c1ccc(Cl)cc1)c1c(Br)cc(F)cc12. The van der Waals surface area contributed by atoms with Gasteiger partial charge in [-0.2, -0.15) is 0 Å². The number of benzene rings is 2. The average Bonchev–Trinajstić information content (AvgIpc) is 3.20. The number of hydrogen-bond acceptors (Lipinski definition) is 2. The van der Waals surface area contributed by atoms with Gasteiger partial charge in [-0.3, -0.25) is 9.59 Å². The molecule has 0 amide bonds. The molecule has 7 heteroatoms. The minimum atomic E-state index is -0.918. The molecular formula is C21H16BrClFNO3. The smallest absolute Gasteiger partial charge is 0.306 e. The lowest BCUT2D eigenvalue weighted by molar-refractivity contribution is -0.141. The van der Waals surface area contributed by atoms with Crippen LogP contribution in [0.3, 0.4) is 0 Å². The molecule has 0 spiro atoms. The number of nitrogens with zero attached hydrogens (tertiary/aromatic N) is 1. The Morgan fingerprint density at radius 3 is 2.61 bits per heavy atom. The molecule has 2 aromatic carbocycles. The predicted molar refractivity (Wildman–Crippen MR) is 109 cm³/mol. The first-order valence-electron chi connectivity index (χ1n) is 8.83. The monoisotopic (exact) mass is 463 g/mol. The van der Waals surface area contributed by atoms with Crippen molar-refractivity contribution in [3.8, 4) is 0 Å². The van der Waals surface area contributed by atoms with Gasteiger partial charge in [0.05, 0.1) is 17.0 Å². The highest BCUT2D eigenvalue weighted by molar-refractivity contribution is 9.10. The maximum absolute atomic E-state index is 14.1. The maximum Gasteiger partial charge on any atom is 0.306 e. The lowest BCUT2D eigenvalue weighted by Crippen LogP contribution is -2.19. The van der Waals surface area contributed by atoms with E-state index in [2.05, 4.69) is 15.9 Å². The van der Waals surface area contributed by atoms with Crippen LogP contribution in [0.2, 0.25) is 5.02 Å². The highest BCUT2D eigenvalue weighted by atomic mass is 79.9. The highest BCUT2D eigenvalue weighted by Crippen LogP contribution is 2.45. The van der Waals surface area contributed by atoms with Gasteiger partial charge < -0.3 is 9.67 Å². The minimum Gasteiger partial charge on any atom is -0.481 e. The van der Waals surface area contributed by atoms with Crippen LogP contribution in [0.4, 0.5) is 4.39 Å². The van der Waals surface area contributed by atoms with E-state index in [0.29, 0.717) is 50.2 Å². The highest BCUT2D eigenvalue weighted by Gasteiger charge is 2.38. The number of rotatable bonds is 4. The van der Waals surface area contributed by atoms with Crippen molar-refractivity contribution in [3.63, 3.8) is 0 Å². The summed E-state index contributed by atoms with van der Waals surface area (Å²) in [6, 6.07) is 9.28. The molecule has 0 saturated carbocycles. The van der Waals surface area contributed by atoms with E-state index in [0.717, 1.165) is 0 Å². The maximum atomic E-state index is 14.1. The van der Waals surface area contributed by atoms with E-state index < -0.39 is 17.7 Å². The lowest BCUT2D eigenvalue weighted by atomic mass is 9.86. The summed E-state index contributed by atoms with van der Waals surface area (Å²) in [4.78, 5) is 25.1. The number of carboxylic acid groups (broad SMARTS) is 1. The molecule has 1 aliphatic heterocycles. The Morgan fingerprint density at radius 2 is 1.96 bits per heavy atom. The number of aromatic nitrogens is 1. The largest absolute Gasteiger partial charge is 0.481 e. The second-order valence-electron chi connectivity index (χ2n) is 7.05. The van der Waals surface area contributed by atoms with Crippen LogP contribution in [0.25, 0.3) is 10.9 Å². The second kappa shape index (κ2) is 7.01. The van der Waals surface area contributed by atoms with Gasteiger partial charge in [-0.1, -0.05) is 18.5 Å². The topological polar surface area (TPSA) is 59.3 Å². The fourth-order valence-corrected chi connectivity index (χ4v) is 4.82. The summed E-state index contributed by atoms with van der Waals surface area (Å²) in [6.45, 7) is 2.18. The van der Waals surface area contributed by atoms with Crippen LogP contribution < -0.4 is 0 Å². The normalized spacial score (nSPS) is 16.9. The quantitative estimate of drug-likeness (QED) is 0.509. The van der Waals surface area contributed by atoms with Crippen molar-refractivity contribution in [2.45, 2.75) is 25.8 Å². The van der Waals surface area contributed by atoms with Gasteiger partial charge in [0.25, 0.3) is 0 Å². The molecule has 2 unspecified atom stereocenters. The summed E-state index contributed by atoms with van der Waals surface area (Å²) in [6.07, 6.45) is 0.591. The van der Waals surface area contributed by atoms with Crippen LogP contribution in [0.1, 0.15) is 40.9 Å². The summed E-state index contributed by atoms with van der Waals surface area (Å²) in [7, 11) is 0. The van der Waals surface area contributed by atoms with E-state index in [1.165, 1.54) is 12.1 Å². The molecule has 4 nitrogen and oxygen atoms in total. The van der Waals surface area contributed by atoms with Crippen molar-refractivity contribution in [3.05, 3.63) is 68.5 Å². The van der Waals surface area contributed by atoms with Crippen LogP contribution in [0.5, 0.6) is 0 Å². The Bertz CT molecular complexity index is 1120. The minimum absolute atomic E-state index is 0.229. The summed E-state index contributed by atoms with van der Waals surface area (Å²) in [5, 5.41) is 10.7. The Hall–Kier alpha value is -2.18. The Kier molecular flexibility index (Phi) is 4.79. The van der Waals surface area contributed by atoms with Crippen molar-refractivity contribution in [2.75, 3.05) is 0 Å². The van der Waals surface area contributed by atoms with Gasteiger partial charge in [-0.05, 0) is 58.7 Å². The first-order chi connectivity index (χ1) is 13.3. The van der Waals surface area contributed by atoms with E-state index >= 15 is 0 Å². The van der Waals surface area contributed by atoms with E-state index in [9.17, 15) is 19.1 Å². The molecule has 0 saturated heterocycles. The van der Waals surface area contributed by atoms with Gasteiger partial charge in [0.1, 0.15) is 5.82 Å². The summed E-state index contributed by atoms with van der Waals surface area (Å²) >= 11 is 9.34. The molecule has 1 aromatic heterocycles. The van der Waals surface area contributed by atoms with Gasteiger partial charge in [0.2, 0.25) is 0 Å². The number of ketones is 1. The molecule has 3 aromatic rings. The van der Waals surface area contributed by atoms with Crippen molar-refractivity contribution in [2.24, 2.45) is 5.92 Å². The van der Waals surface area contributed by atoms with Gasteiger partial charge in [0.15, 0.2) is 5.78 Å². The van der Waals surface area contributed by atoms with Gasteiger partial charge >= 0.3 is 5.97 Å². The summed E-state index contributed by atoms with van der Waals surface area (Å²) in [5.41, 5.74) is 2.14. The Morgan fingerprint density at radius 1 is 1.29 bits per heavy atom. The van der Waals surface area contributed by atoms with Crippen LogP contribution >= 0.6 is 27.5 Å². The molecule has 0 bridgehead atoms. The second-order valence-corrected chi connectivity index (χ2v) is 8.34. The standard InChI is InChI=1S/C21H16BrClFNO3/c1-10(21(27)28)14-6-7-25-16-9-13(24)8-15(22)17(16)18(19(14)25)20(26)11-2-4-12(23)5-3-11/h2-5,8-10,14H,6-7H2,1H3,(H,27,28). The van der Waals surface area contributed by atoms with Crippen LogP contribution in [-0.4, -0.2) is 21.4 Å². The number of halogens is 3. The van der Waals surface area contributed by atoms with Gasteiger partial charge in [-0.15, -0.1) is 0 Å². The molecule has 0 fully saturated rings. The number of aryl methyl sites for hydroxylation is 1. The lowest BCUT2D eigenvalue weighted by Gasteiger charge is -2.16. The summed E-state index contributed by atoms with van der Waals surface area (Å²) in [5.74, 6) is -2.55. The third kappa shape index (κ3) is 2.95. The van der Waals surface area contributed by atoms with Crippen LogP contribution in [0.15, 0.2) is 40.9 Å². The van der Waals surface area contributed by atoms with Crippen molar-refractivity contribution in [1.29, 1.82) is 0 Å². The molecule has 1 aliphatic rings. The number of hydrogen-bond donors (Lipinski definition) is 1. The Labute approximate surface area is 174 Å².